The summed E-state index contributed by atoms with van der Waals surface area (Å²) in [7, 11) is 0. The van der Waals surface area contributed by atoms with Crippen LogP contribution in [0.4, 0.5) is 0 Å². The Morgan fingerprint density at radius 2 is 0.963 bits per heavy atom. The summed E-state index contributed by atoms with van der Waals surface area (Å²) in [4.78, 5) is 146. The first-order chi connectivity index (χ1) is 37.9. The van der Waals surface area contributed by atoms with Crippen LogP contribution >= 0.6 is 11.8 Å². The van der Waals surface area contributed by atoms with Crippen LogP contribution in [-0.4, -0.2) is 141 Å². The Labute approximate surface area is 468 Å². The SMILES string of the molecule is CSCCC(NC(=O)[CH]NC(=O)C(CCC(N)=O)NC(=O)C(CCC(=O)O)NC(=O)C(Cc1ccc(O)cc1)NC(=O)C(CC(C)C)NC(=O)C(N)Cc1ccccc1)C(=O)NC(Cc1ccccc1)C(=O)NC(C(=O)O)C(C)C. The molecule has 0 saturated carbocycles. The number of benzene rings is 3. The van der Waals surface area contributed by atoms with E-state index in [1.807, 2.05) is 0 Å². The number of phenolic OH excluding ortho intramolecular Hbond substituents is 1. The standard InChI is InChI=1S/C55H75N10O14S/c1-31(2)26-41(62-48(71)37(56)27-33-12-8-6-9-13-33)52(75)64-42(29-35-16-18-36(66)19-17-35)53(76)61-39(21-23-46(69)70)50(73)60-38(20-22-44(57)67)49(72)58-30-45(68)59-40(24-25-80-5)51(74)63-43(28-34-14-10-7-11-15-34)54(77)65-47(32(3)4)55(78)79/h6-19,30-32,37-43,47,66H,20-29,56H2,1-5H3,(H2,57,67)(H,58,72)(H,59,68)(H,60,73)(H,61,76)(H,62,71)(H,63,74)(H,64,75)(H,65,77)(H,69,70)(H,78,79). The maximum absolute atomic E-state index is 14.3. The highest BCUT2D eigenvalue weighted by Crippen LogP contribution is 2.15. The summed E-state index contributed by atoms with van der Waals surface area (Å²) < 4.78 is 0. The molecule has 0 fully saturated rings. The predicted octanol–water partition coefficient (Wildman–Crippen LogP) is 0.0891. The van der Waals surface area contributed by atoms with Crippen molar-refractivity contribution in [2.45, 2.75) is 134 Å². The van der Waals surface area contributed by atoms with E-state index in [0.717, 1.165) is 5.56 Å². The van der Waals surface area contributed by atoms with E-state index in [1.54, 1.807) is 94.6 Å². The smallest absolute Gasteiger partial charge is 0.326 e. The molecule has 24 nitrogen and oxygen atoms in total. The van der Waals surface area contributed by atoms with Crippen molar-refractivity contribution in [1.82, 2.24) is 42.5 Å². The second kappa shape index (κ2) is 34.1. The Hall–Kier alpha value is -8.06. The first-order valence-electron chi connectivity index (χ1n) is 26.0. The number of phenols is 1. The molecule has 3 rings (SSSR count). The van der Waals surface area contributed by atoms with Gasteiger partial charge in [0.2, 0.25) is 53.2 Å². The van der Waals surface area contributed by atoms with Crippen LogP contribution in [0.5, 0.6) is 5.75 Å². The largest absolute Gasteiger partial charge is 0.508 e. The van der Waals surface area contributed by atoms with E-state index in [4.69, 9.17) is 11.5 Å². The van der Waals surface area contributed by atoms with Gasteiger partial charge in [-0.15, -0.1) is 0 Å². The molecule has 15 N–H and O–H groups in total. The average molecular weight is 1130 g/mol. The van der Waals surface area contributed by atoms with E-state index < -0.39 is 145 Å². The Kier molecular flexibility index (Phi) is 28.2. The number of aromatic hydroxyl groups is 1. The third-order valence-corrected chi connectivity index (χ3v) is 13.0. The van der Waals surface area contributed by atoms with Crippen molar-refractivity contribution in [1.29, 1.82) is 0 Å². The highest BCUT2D eigenvalue weighted by molar-refractivity contribution is 7.98. The molecule has 8 atom stereocenters. The van der Waals surface area contributed by atoms with Crippen LogP contribution in [0.2, 0.25) is 0 Å². The number of amides is 9. The maximum Gasteiger partial charge on any atom is 0.326 e. The number of carbonyl (C=O) groups is 11. The average Bonchev–Trinajstić information content (AvgIpc) is 3.40. The Bertz CT molecular complexity index is 2580. The van der Waals surface area contributed by atoms with E-state index in [2.05, 4.69) is 42.5 Å². The number of nitrogens with one attached hydrogen (secondary N) is 8. The highest BCUT2D eigenvalue weighted by Gasteiger charge is 2.35. The number of carboxylic acids is 2. The van der Waals surface area contributed by atoms with Gasteiger partial charge >= 0.3 is 11.9 Å². The summed E-state index contributed by atoms with van der Waals surface area (Å²) in [6, 6.07) is 12.2. The van der Waals surface area contributed by atoms with Crippen LogP contribution in [-0.2, 0) is 72.0 Å². The van der Waals surface area contributed by atoms with Crippen molar-refractivity contribution >= 4 is 76.9 Å². The summed E-state index contributed by atoms with van der Waals surface area (Å²) in [5, 5.41) is 49.3. The van der Waals surface area contributed by atoms with Gasteiger partial charge in [0.25, 0.3) is 0 Å². The lowest BCUT2D eigenvalue weighted by atomic mass is 9.99. The molecule has 0 heterocycles. The van der Waals surface area contributed by atoms with Gasteiger partial charge in [-0.2, -0.15) is 11.8 Å². The normalized spacial score (nSPS) is 14.1. The van der Waals surface area contributed by atoms with Gasteiger partial charge in [0.05, 0.1) is 6.04 Å². The van der Waals surface area contributed by atoms with E-state index in [9.17, 15) is 68.1 Å². The molecule has 9 amide bonds. The van der Waals surface area contributed by atoms with E-state index in [0.29, 0.717) is 23.4 Å². The number of carboxylic acid groups (broad SMARTS) is 2. The van der Waals surface area contributed by atoms with Gasteiger partial charge in [-0.25, -0.2) is 4.79 Å². The molecule has 3 aromatic rings. The molecular formula is C55H75N10O14S. The number of hydrogen-bond donors (Lipinski definition) is 13. The fourth-order valence-electron chi connectivity index (χ4n) is 7.98. The molecule has 1 radical (unpaired) electrons. The minimum Gasteiger partial charge on any atom is -0.508 e. The molecule has 0 aliphatic rings. The highest BCUT2D eigenvalue weighted by atomic mass is 32.2. The lowest BCUT2D eigenvalue weighted by Gasteiger charge is -2.27. The molecule has 0 saturated heterocycles. The molecule has 8 unspecified atom stereocenters. The summed E-state index contributed by atoms with van der Waals surface area (Å²) in [5.41, 5.74) is 13.5. The molecule has 0 aliphatic heterocycles. The summed E-state index contributed by atoms with van der Waals surface area (Å²) >= 11 is 1.34. The van der Waals surface area contributed by atoms with Crippen LogP contribution in [0, 0.1) is 18.4 Å². The molecule has 3 aromatic carbocycles. The zero-order valence-corrected chi connectivity index (χ0v) is 46.2. The third-order valence-electron chi connectivity index (χ3n) is 12.3. The van der Waals surface area contributed by atoms with E-state index in [-0.39, 0.29) is 43.8 Å². The zero-order valence-electron chi connectivity index (χ0n) is 45.4. The van der Waals surface area contributed by atoms with Crippen LogP contribution in [0.15, 0.2) is 84.9 Å². The van der Waals surface area contributed by atoms with Crippen LogP contribution in [0.25, 0.3) is 0 Å². The molecule has 80 heavy (non-hydrogen) atoms. The van der Waals surface area contributed by atoms with Gasteiger partial charge in [0.1, 0.15) is 54.6 Å². The quantitative estimate of drug-likeness (QED) is 0.0371. The first kappa shape index (κ1) is 66.2. The first-order valence-corrected chi connectivity index (χ1v) is 27.4. The number of thioether (sulfide) groups is 1. The van der Waals surface area contributed by atoms with Gasteiger partial charge in [-0.1, -0.05) is 100 Å². The molecule has 0 aliphatic carbocycles. The number of nitrogens with two attached hydrogens (primary N) is 2. The second-order valence-corrected chi connectivity index (χ2v) is 20.8. The van der Waals surface area contributed by atoms with Gasteiger partial charge in [0, 0.05) is 25.7 Å². The summed E-state index contributed by atoms with van der Waals surface area (Å²) in [6.07, 6.45) is -0.414. The second-order valence-electron chi connectivity index (χ2n) is 19.8. The minimum atomic E-state index is -1.71. The Balaban J connectivity index is 1.84. The van der Waals surface area contributed by atoms with Crippen LogP contribution in [0.1, 0.15) is 82.9 Å². The van der Waals surface area contributed by atoms with Crippen molar-refractivity contribution in [2.75, 3.05) is 12.0 Å². The van der Waals surface area contributed by atoms with Gasteiger partial charge in [0.15, 0.2) is 0 Å². The van der Waals surface area contributed by atoms with E-state index in [1.165, 1.54) is 36.0 Å². The van der Waals surface area contributed by atoms with Crippen molar-refractivity contribution in [2.24, 2.45) is 23.3 Å². The minimum absolute atomic E-state index is 0.0309. The Morgan fingerprint density at radius 1 is 0.525 bits per heavy atom. The number of primary amides is 1. The van der Waals surface area contributed by atoms with E-state index >= 15 is 0 Å². The fourth-order valence-corrected chi connectivity index (χ4v) is 8.45. The van der Waals surface area contributed by atoms with Crippen molar-refractivity contribution in [3.05, 3.63) is 108 Å². The topological polar surface area (TPSA) is 397 Å². The lowest BCUT2D eigenvalue weighted by molar-refractivity contribution is -0.143. The third kappa shape index (κ3) is 24.3. The fraction of sp³-hybridized carbons (Fsp3) is 0.455. The Morgan fingerprint density at radius 3 is 1.45 bits per heavy atom. The predicted molar refractivity (Wildman–Crippen MR) is 296 cm³/mol. The lowest BCUT2D eigenvalue weighted by Crippen LogP contribution is -2.59. The molecule has 435 valence electrons. The van der Waals surface area contributed by atoms with Crippen molar-refractivity contribution in [3.8, 4) is 5.75 Å². The van der Waals surface area contributed by atoms with Gasteiger partial charge in [-0.3, -0.25) is 47.9 Å². The number of carbonyl (C=O) groups excluding carboxylic acids is 9. The molecule has 0 aromatic heterocycles. The molecule has 0 spiro atoms. The van der Waals surface area contributed by atoms with Crippen LogP contribution in [0.3, 0.4) is 0 Å². The summed E-state index contributed by atoms with van der Waals surface area (Å²) in [5.74, 6) is -11.2. The monoisotopic (exact) mass is 1130 g/mol. The van der Waals surface area contributed by atoms with Crippen molar-refractivity contribution in [3.63, 3.8) is 0 Å². The van der Waals surface area contributed by atoms with Crippen molar-refractivity contribution < 1.29 is 68.1 Å². The number of rotatable bonds is 35. The molecule has 0 bridgehead atoms. The van der Waals surface area contributed by atoms with Crippen LogP contribution < -0.4 is 54.0 Å². The maximum atomic E-state index is 14.3. The number of aliphatic carboxylic acids is 2. The number of hydrogen-bond acceptors (Lipinski definition) is 14. The summed E-state index contributed by atoms with van der Waals surface area (Å²) in [6.45, 7) is 7.46. The van der Waals surface area contributed by atoms with Gasteiger partial charge in [-0.05, 0) is 84.8 Å². The zero-order chi connectivity index (χ0) is 59.5. The molecular weight excluding hydrogens is 1060 g/mol. The van der Waals surface area contributed by atoms with Gasteiger partial charge < -0.3 is 69.3 Å². The molecule has 25 heteroatoms.